The number of nitrogens with one attached hydrogen (secondary N) is 1. The number of para-hydroxylation sites is 1. The van der Waals surface area contributed by atoms with Gasteiger partial charge in [0.2, 0.25) is 5.91 Å². The van der Waals surface area contributed by atoms with Gasteiger partial charge in [0, 0.05) is 19.0 Å². The van der Waals surface area contributed by atoms with Gasteiger partial charge in [-0.25, -0.2) is 0 Å². The highest BCUT2D eigenvalue weighted by Crippen LogP contribution is 2.28. The van der Waals surface area contributed by atoms with Crippen molar-refractivity contribution in [1.29, 1.82) is 0 Å². The van der Waals surface area contributed by atoms with Gasteiger partial charge < -0.3 is 10.2 Å². The summed E-state index contributed by atoms with van der Waals surface area (Å²) >= 11 is 4.26. The number of carbonyl (C=O) groups excluding carboxylic acids is 2. The maximum Gasteiger partial charge on any atom is 0.253 e. The van der Waals surface area contributed by atoms with E-state index in [1.54, 1.807) is 11.0 Å². The summed E-state index contributed by atoms with van der Waals surface area (Å²) in [6, 6.07) is 7.32. The van der Waals surface area contributed by atoms with Crippen LogP contribution >= 0.6 is 12.6 Å². The molecule has 5 heteroatoms. The van der Waals surface area contributed by atoms with Gasteiger partial charge in [-0.05, 0) is 37.7 Å². The first-order chi connectivity index (χ1) is 9.52. The first-order valence-corrected chi connectivity index (χ1v) is 7.47. The van der Waals surface area contributed by atoms with Crippen molar-refractivity contribution < 1.29 is 9.59 Å². The summed E-state index contributed by atoms with van der Waals surface area (Å²) in [6.07, 6.45) is 0.504. The van der Waals surface area contributed by atoms with Crippen LogP contribution in [0.15, 0.2) is 24.3 Å². The molecule has 1 aliphatic rings. The third kappa shape index (κ3) is 3.15. The second-order valence-corrected chi connectivity index (χ2v) is 5.77. The molecule has 1 fully saturated rings. The van der Waals surface area contributed by atoms with Gasteiger partial charge in [-0.1, -0.05) is 12.1 Å². The Hall–Kier alpha value is -1.49. The van der Waals surface area contributed by atoms with E-state index >= 15 is 0 Å². The van der Waals surface area contributed by atoms with Crippen molar-refractivity contribution in [2.45, 2.75) is 26.3 Å². The van der Waals surface area contributed by atoms with Crippen LogP contribution in [0, 0.1) is 5.92 Å². The molecule has 0 spiro atoms. The molecule has 2 rings (SSSR count). The maximum absolute atomic E-state index is 12.2. The lowest BCUT2D eigenvalue weighted by molar-refractivity contribution is -0.117. The summed E-state index contributed by atoms with van der Waals surface area (Å²) in [5.74, 6) is 0.862. The molecule has 1 aromatic carbocycles. The van der Waals surface area contributed by atoms with Gasteiger partial charge in [-0.15, -0.1) is 0 Å². The Bertz CT molecular complexity index is 516. The molecule has 20 heavy (non-hydrogen) atoms. The molecule has 0 aromatic heterocycles. The lowest BCUT2D eigenvalue weighted by Crippen LogP contribution is -2.33. The third-order valence-corrected chi connectivity index (χ3v) is 3.84. The van der Waals surface area contributed by atoms with Gasteiger partial charge in [-0.3, -0.25) is 9.59 Å². The van der Waals surface area contributed by atoms with Crippen molar-refractivity contribution in [2.24, 2.45) is 5.92 Å². The van der Waals surface area contributed by atoms with Gasteiger partial charge in [0.15, 0.2) is 0 Å². The van der Waals surface area contributed by atoms with Crippen LogP contribution in [-0.2, 0) is 4.79 Å². The number of thiol groups is 1. The van der Waals surface area contributed by atoms with E-state index in [4.69, 9.17) is 0 Å². The zero-order valence-corrected chi connectivity index (χ0v) is 12.7. The van der Waals surface area contributed by atoms with E-state index in [0.29, 0.717) is 30.0 Å². The molecule has 1 atom stereocenters. The van der Waals surface area contributed by atoms with Crippen LogP contribution in [0.25, 0.3) is 0 Å². The van der Waals surface area contributed by atoms with Gasteiger partial charge in [0.25, 0.3) is 5.91 Å². The number of amides is 2. The lowest BCUT2D eigenvalue weighted by atomic mass is 10.1. The predicted octanol–water partition coefficient (Wildman–Crippen LogP) is 2.11. The molecular weight excluding hydrogens is 272 g/mol. The highest BCUT2D eigenvalue weighted by molar-refractivity contribution is 7.80. The van der Waals surface area contributed by atoms with E-state index in [1.807, 2.05) is 32.0 Å². The van der Waals surface area contributed by atoms with Crippen molar-refractivity contribution in [3.63, 3.8) is 0 Å². The number of carbonyl (C=O) groups is 2. The summed E-state index contributed by atoms with van der Waals surface area (Å²) < 4.78 is 0. The Morgan fingerprint density at radius 1 is 1.45 bits per heavy atom. The Morgan fingerprint density at radius 2 is 2.15 bits per heavy atom. The number of anilines is 1. The number of hydrogen-bond donors (Lipinski definition) is 2. The molecule has 108 valence electrons. The molecule has 1 saturated heterocycles. The first-order valence-electron chi connectivity index (χ1n) is 6.84. The summed E-state index contributed by atoms with van der Waals surface area (Å²) in [5, 5.41) is 2.87. The van der Waals surface area contributed by atoms with Crippen LogP contribution in [0.4, 0.5) is 5.69 Å². The molecule has 0 bridgehead atoms. The van der Waals surface area contributed by atoms with Gasteiger partial charge in [0.1, 0.15) is 0 Å². The lowest BCUT2D eigenvalue weighted by Gasteiger charge is -2.20. The molecule has 1 N–H and O–H groups in total. The quantitative estimate of drug-likeness (QED) is 0.835. The summed E-state index contributed by atoms with van der Waals surface area (Å²) in [7, 11) is 0. The molecule has 0 radical (unpaired) electrons. The second-order valence-electron chi connectivity index (χ2n) is 5.40. The summed E-state index contributed by atoms with van der Waals surface area (Å²) in [4.78, 5) is 26.0. The van der Waals surface area contributed by atoms with Crippen LogP contribution in [-0.4, -0.2) is 30.2 Å². The van der Waals surface area contributed by atoms with Crippen molar-refractivity contribution in [3.8, 4) is 0 Å². The standard InChI is InChI=1S/C15H20N2O2S/c1-10(2)16-15(19)12-5-3-4-6-13(12)17-8-11(9-20)7-14(17)18/h3-6,10-11,20H,7-9H2,1-2H3,(H,16,19). The average molecular weight is 292 g/mol. The second kappa shape index (κ2) is 6.31. The average Bonchev–Trinajstić information content (AvgIpc) is 2.79. The van der Waals surface area contributed by atoms with E-state index in [0.717, 1.165) is 0 Å². The van der Waals surface area contributed by atoms with Crippen molar-refractivity contribution in [2.75, 3.05) is 17.2 Å². The van der Waals surface area contributed by atoms with Crippen LogP contribution in [0.5, 0.6) is 0 Å². The molecule has 1 aromatic rings. The number of nitrogens with zero attached hydrogens (tertiary/aromatic N) is 1. The van der Waals surface area contributed by atoms with Crippen molar-refractivity contribution in [3.05, 3.63) is 29.8 Å². The Labute approximate surface area is 124 Å². The fourth-order valence-corrected chi connectivity index (χ4v) is 2.62. The van der Waals surface area contributed by atoms with E-state index in [9.17, 15) is 9.59 Å². The first kappa shape index (κ1) is 14.9. The zero-order chi connectivity index (χ0) is 14.7. The molecule has 4 nitrogen and oxygen atoms in total. The third-order valence-electron chi connectivity index (χ3n) is 3.32. The molecule has 2 amide bonds. The van der Waals surface area contributed by atoms with Crippen molar-refractivity contribution >= 4 is 30.1 Å². The van der Waals surface area contributed by atoms with Gasteiger partial charge in [0.05, 0.1) is 11.3 Å². The highest BCUT2D eigenvalue weighted by atomic mass is 32.1. The molecule has 1 heterocycles. The maximum atomic E-state index is 12.2. The minimum Gasteiger partial charge on any atom is -0.350 e. The zero-order valence-electron chi connectivity index (χ0n) is 11.8. The Morgan fingerprint density at radius 3 is 2.75 bits per heavy atom. The van der Waals surface area contributed by atoms with Gasteiger partial charge in [-0.2, -0.15) is 12.6 Å². The fourth-order valence-electron chi connectivity index (χ4n) is 2.38. The minimum atomic E-state index is -0.141. The fraction of sp³-hybridized carbons (Fsp3) is 0.467. The molecule has 1 aliphatic heterocycles. The molecule has 1 unspecified atom stereocenters. The van der Waals surface area contributed by atoms with Gasteiger partial charge >= 0.3 is 0 Å². The van der Waals surface area contributed by atoms with Crippen LogP contribution < -0.4 is 10.2 Å². The number of benzene rings is 1. The molecule has 0 saturated carbocycles. The Kier molecular flexibility index (Phi) is 4.70. The topological polar surface area (TPSA) is 49.4 Å². The SMILES string of the molecule is CC(C)NC(=O)c1ccccc1N1CC(CS)CC1=O. The number of rotatable bonds is 4. The van der Waals surface area contributed by atoms with Crippen LogP contribution in [0.3, 0.4) is 0 Å². The van der Waals surface area contributed by atoms with Crippen LogP contribution in [0.2, 0.25) is 0 Å². The van der Waals surface area contributed by atoms with E-state index in [2.05, 4.69) is 17.9 Å². The molecular formula is C15H20N2O2S. The molecule has 0 aliphatic carbocycles. The van der Waals surface area contributed by atoms with E-state index < -0.39 is 0 Å². The monoisotopic (exact) mass is 292 g/mol. The minimum absolute atomic E-state index is 0.0637. The smallest absolute Gasteiger partial charge is 0.253 e. The number of hydrogen-bond acceptors (Lipinski definition) is 3. The summed E-state index contributed by atoms with van der Waals surface area (Å²) in [6.45, 7) is 4.46. The Balaban J connectivity index is 2.28. The van der Waals surface area contributed by atoms with E-state index in [-0.39, 0.29) is 23.8 Å². The van der Waals surface area contributed by atoms with Crippen LogP contribution in [0.1, 0.15) is 30.6 Å². The van der Waals surface area contributed by atoms with E-state index in [1.165, 1.54) is 0 Å². The van der Waals surface area contributed by atoms with Crippen molar-refractivity contribution in [1.82, 2.24) is 5.32 Å². The largest absolute Gasteiger partial charge is 0.350 e. The normalized spacial score (nSPS) is 18.7. The highest BCUT2D eigenvalue weighted by Gasteiger charge is 2.31. The summed E-state index contributed by atoms with van der Waals surface area (Å²) in [5.41, 5.74) is 1.24. The predicted molar refractivity (Wildman–Crippen MR) is 83.4 cm³/mol.